The van der Waals surface area contributed by atoms with E-state index in [1.54, 1.807) is 6.07 Å². The molecular formula is C10H12N4O7. The van der Waals surface area contributed by atoms with E-state index in [9.17, 15) is 25.0 Å². The Balaban J connectivity index is 2.63. The monoisotopic (exact) mass is 300 g/mol. The van der Waals surface area contributed by atoms with Crippen molar-refractivity contribution < 1.29 is 24.6 Å². The lowest BCUT2D eigenvalue weighted by Gasteiger charge is -2.21. The molecule has 0 N–H and O–H groups in total. The zero-order valence-electron chi connectivity index (χ0n) is 10.8. The summed E-state index contributed by atoms with van der Waals surface area (Å²) in [5.74, 6) is -0.484. The highest BCUT2D eigenvalue weighted by Gasteiger charge is 2.16. The van der Waals surface area contributed by atoms with Crippen LogP contribution >= 0.6 is 0 Å². The average molecular weight is 300 g/mol. The molecule has 11 nitrogen and oxygen atoms in total. The van der Waals surface area contributed by atoms with Crippen LogP contribution in [0.15, 0.2) is 24.5 Å². The maximum atomic E-state index is 12.1. The second-order valence-corrected chi connectivity index (χ2v) is 3.65. The first-order valence-corrected chi connectivity index (χ1v) is 5.74. The third-order valence-electron chi connectivity index (χ3n) is 2.31. The van der Waals surface area contributed by atoms with Gasteiger partial charge >= 0.3 is 0 Å². The Morgan fingerprint density at radius 1 is 1.19 bits per heavy atom. The van der Waals surface area contributed by atoms with E-state index in [1.807, 2.05) is 0 Å². The van der Waals surface area contributed by atoms with Crippen LogP contribution in [-0.2, 0) is 9.68 Å². The molecule has 0 atom stereocenters. The van der Waals surface area contributed by atoms with Crippen LogP contribution in [0.3, 0.4) is 0 Å². The summed E-state index contributed by atoms with van der Waals surface area (Å²) < 4.78 is 0. The lowest BCUT2D eigenvalue weighted by atomic mass is 10.2. The number of aromatic nitrogens is 1. The van der Waals surface area contributed by atoms with Crippen LogP contribution < -0.4 is 0 Å². The first kappa shape index (κ1) is 16.1. The molecule has 0 fully saturated rings. The molecule has 114 valence electrons. The first-order valence-electron chi connectivity index (χ1n) is 5.74. The molecule has 0 aliphatic rings. The van der Waals surface area contributed by atoms with E-state index in [1.165, 1.54) is 18.5 Å². The van der Waals surface area contributed by atoms with Gasteiger partial charge in [0.25, 0.3) is 16.1 Å². The minimum atomic E-state index is -0.986. The van der Waals surface area contributed by atoms with Gasteiger partial charge in [-0.25, -0.2) is 0 Å². The van der Waals surface area contributed by atoms with Crippen molar-refractivity contribution in [2.75, 3.05) is 26.3 Å². The molecule has 0 saturated carbocycles. The standard InChI is InChI=1S/C10H12N4O7/c15-10(9-2-1-3-11-8-9)12(4-6-20-13(16)17)5-7-21-14(18)19/h1-3,8H,4-7H2. The van der Waals surface area contributed by atoms with Crippen molar-refractivity contribution in [3.05, 3.63) is 50.3 Å². The van der Waals surface area contributed by atoms with Gasteiger partial charge in [-0.2, -0.15) is 0 Å². The molecule has 1 heterocycles. The summed E-state index contributed by atoms with van der Waals surface area (Å²) in [7, 11) is 0. The van der Waals surface area contributed by atoms with Gasteiger partial charge in [-0.1, -0.05) is 0 Å². The molecule has 0 saturated heterocycles. The Morgan fingerprint density at radius 3 is 2.19 bits per heavy atom. The highest BCUT2D eigenvalue weighted by Crippen LogP contribution is 2.03. The number of rotatable bonds is 9. The average Bonchev–Trinajstić information content (AvgIpc) is 2.45. The molecule has 0 bridgehead atoms. The molecule has 21 heavy (non-hydrogen) atoms. The highest BCUT2D eigenvalue weighted by atomic mass is 17.0. The topological polar surface area (TPSA) is 138 Å². The molecule has 0 aromatic carbocycles. The van der Waals surface area contributed by atoms with Crippen molar-refractivity contribution >= 4 is 5.91 Å². The molecule has 0 aliphatic carbocycles. The van der Waals surface area contributed by atoms with Crippen LogP contribution in [-0.4, -0.2) is 52.3 Å². The number of hydrogen-bond donors (Lipinski definition) is 0. The van der Waals surface area contributed by atoms with Gasteiger partial charge < -0.3 is 14.6 Å². The minimum absolute atomic E-state index is 0.115. The largest absolute Gasteiger partial charge is 0.335 e. The summed E-state index contributed by atoms with van der Waals surface area (Å²) in [5, 5.41) is 18.2. The van der Waals surface area contributed by atoms with Gasteiger partial charge in [-0.05, 0) is 12.1 Å². The number of carbonyl (C=O) groups excluding carboxylic acids is 1. The summed E-state index contributed by atoms with van der Waals surface area (Å²) in [6.45, 7) is -0.930. The fourth-order valence-electron chi connectivity index (χ4n) is 1.44. The van der Waals surface area contributed by atoms with Gasteiger partial charge in [0.2, 0.25) is 0 Å². The van der Waals surface area contributed by atoms with Gasteiger partial charge in [0.15, 0.2) is 0 Å². The van der Waals surface area contributed by atoms with Crippen molar-refractivity contribution in [1.82, 2.24) is 9.88 Å². The Bertz CT molecular complexity index is 475. The van der Waals surface area contributed by atoms with Crippen LogP contribution in [0.4, 0.5) is 0 Å². The van der Waals surface area contributed by atoms with Gasteiger partial charge in [-0.15, -0.1) is 20.2 Å². The van der Waals surface area contributed by atoms with E-state index in [0.717, 1.165) is 4.90 Å². The summed E-state index contributed by atoms with van der Waals surface area (Å²) in [5.41, 5.74) is 0.250. The number of carbonyl (C=O) groups is 1. The van der Waals surface area contributed by atoms with Crippen molar-refractivity contribution in [2.24, 2.45) is 0 Å². The van der Waals surface area contributed by atoms with Crippen LogP contribution in [0.2, 0.25) is 0 Å². The first-order chi connectivity index (χ1) is 10.0. The zero-order valence-corrected chi connectivity index (χ0v) is 10.8. The van der Waals surface area contributed by atoms with Crippen LogP contribution in [0.5, 0.6) is 0 Å². The summed E-state index contributed by atoms with van der Waals surface area (Å²) >= 11 is 0. The number of amides is 1. The minimum Gasteiger partial charge on any atom is -0.335 e. The van der Waals surface area contributed by atoms with Crippen molar-refractivity contribution in [2.45, 2.75) is 0 Å². The molecule has 0 radical (unpaired) electrons. The Labute approximate surface area is 118 Å². The number of nitrogens with zero attached hydrogens (tertiary/aromatic N) is 4. The fraction of sp³-hybridized carbons (Fsp3) is 0.400. The smallest absolute Gasteiger partial charge is 0.294 e. The van der Waals surface area contributed by atoms with E-state index in [4.69, 9.17) is 0 Å². The predicted molar refractivity (Wildman–Crippen MR) is 66.0 cm³/mol. The third kappa shape index (κ3) is 6.13. The van der Waals surface area contributed by atoms with Gasteiger partial charge in [0.1, 0.15) is 13.2 Å². The summed E-state index contributed by atoms with van der Waals surface area (Å²) in [6.07, 6.45) is 2.80. The van der Waals surface area contributed by atoms with Crippen LogP contribution in [0, 0.1) is 20.2 Å². The van der Waals surface area contributed by atoms with E-state index in [-0.39, 0.29) is 31.9 Å². The maximum Gasteiger partial charge on any atom is 0.294 e. The second-order valence-electron chi connectivity index (χ2n) is 3.65. The molecule has 1 amide bonds. The van der Waals surface area contributed by atoms with E-state index in [2.05, 4.69) is 14.7 Å². The maximum absolute atomic E-state index is 12.1. The van der Waals surface area contributed by atoms with Crippen molar-refractivity contribution in [3.8, 4) is 0 Å². The zero-order chi connectivity index (χ0) is 15.7. The molecule has 1 aromatic rings. The number of pyridine rings is 1. The van der Waals surface area contributed by atoms with E-state index < -0.39 is 16.1 Å². The quantitative estimate of drug-likeness (QED) is 0.456. The molecule has 1 aromatic heterocycles. The van der Waals surface area contributed by atoms with Crippen LogP contribution in [0.1, 0.15) is 10.4 Å². The Morgan fingerprint density at radius 2 is 1.76 bits per heavy atom. The van der Waals surface area contributed by atoms with Crippen molar-refractivity contribution in [1.29, 1.82) is 0 Å². The number of hydrogen-bond acceptors (Lipinski definition) is 8. The fourth-order valence-corrected chi connectivity index (χ4v) is 1.44. The van der Waals surface area contributed by atoms with E-state index >= 15 is 0 Å². The molecule has 1 rings (SSSR count). The second kappa shape index (κ2) is 8.24. The lowest BCUT2D eigenvalue weighted by Crippen LogP contribution is -2.37. The molecular weight excluding hydrogens is 288 g/mol. The Hall–Kier alpha value is -2.98. The lowest BCUT2D eigenvalue weighted by molar-refractivity contribution is -0.758. The van der Waals surface area contributed by atoms with Crippen LogP contribution in [0.25, 0.3) is 0 Å². The van der Waals surface area contributed by atoms with E-state index in [0.29, 0.717) is 0 Å². The van der Waals surface area contributed by atoms with Crippen molar-refractivity contribution in [3.63, 3.8) is 0 Å². The predicted octanol–water partition coefficient (Wildman–Crippen LogP) is -0.0596. The normalized spacial score (nSPS) is 9.71. The third-order valence-corrected chi connectivity index (χ3v) is 2.31. The van der Waals surface area contributed by atoms with Gasteiger partial charge in [-0.3, -0.25) is 9.78 Å². The SMILES string of the molecule is O=C(c1cccnc1)N(CCO[N+](=O)[O-])CCO[N+](=O)[O-]. The molecule has 0 unspecified atom stereocenters. The Kier molecular flexibility index (Phi) is 6.31. The molecule has 11 heteroatoms. The summed E-state index contributed by atoms with van der Waals surface area (Å²) in [4.78, 5) is 45.5. The molecule has 0 aliphatic heterocycles. The highest BCUT2D eigenvalue weighted by molar-refractivity contribution is 5.93. The summed E-state index contributed by atoms with van der Waals surface area (Å²) in [6, 6.07) is 3.05. The van der Waals surface area contributed by atoms with Gasteiger partial charge in [0, 0.05) is 25.5 Å². The van der Waals surface area contributed by atoms with Gasteiger partial charge in [0.05, 0.1) is 5.56 Å². The molecule has 0 spiro atoms.